The number of carbonyl (C=O) groups is 1. The van der Waals surface area contributed by atoms with E-state index in [1.54, 1.807) is 4.90 Å². The van der Waals surface area contributed by atoms with Gasteiger partial charge in [0.25, 0.3) is 8.32 Å². The van der Waals surface area contributed by atoms with Crippen molar-refractivity contribution in [3.8, 4) is 0 Å². The summed E-state index contributed by atoms with van der Waals surface area (Å²) in [6, 6.07) is 41.6. The molecule has 5 rings (SSSR count). The zero-order valence-electron chi connectivity index (χ0n) is 26.4. The second-order valence-electron chi connectivity index (χ2n) is 12.5. The van der Waals surface area contributed by atoms with Crippen LogP contribution in [0.1, 0.15) is 64.2 Å². The third-order valence-electron chi connectivity index (χ3n) is 8.52. The lowest BCUT2D eigenvalue weighted by atomic mass is 10.00. The molecule has 1 fully saturated rings. The van der Waals surface area contributed by atoms with Crippen molar-refractivity contribution in [3.63, 3.8) is 0 Å². The smallest absolute Gasteiger partial charge is 0.412 e. The van der Waals surface area contributed by atoms with Gasteiger partial charge in [-0.1, -0.05) is 149 Å². The number of piperidine rings is 1. The highest BCUT2D eigenvalue weighted by atomic mass is 28.4. The number of hydrogen-bond donors (Lipinski definition) is 0. The summed E-state index contributed by atoms with van der Waals surface area (Å²) in [6.45, 7) is 9.87. The molecule has 1 aliphatic rings. The molecule has 4 aromatic rings. The lowest BCUT2D eigenvalue weighted by Gasteiger charge is -2.44. The summed E-state index contributed by atoms with van der Waals surface area (Å²) in [5.41, 5.74) is 2.26. The Morgan fingerprint density at radius 3 is 1.59 bits per heavy atom. The van der Waals surface area contributed by atoms with E-state index in [0.29, 0.717) is 19.5 Å². The number of amides is 1. The highest BCUT2D eigenvalue weighted by Gasteiger charge is 2.52. The number of nitrogens with zero attached hydrogens (tertiary/aromatic N) is 1. The molecule has 4 aromatic carbocycles. The summed E-state index contributed by atoms with van der Waals surface area (Å²) in [6.07, 6.45) is 0.963. The molecule has 1 saturated heterocycles. The molecule has 0 aromatic heterocycles. The number of likely N-dealkylation sites (tertiary alicyclic amines) is 1. The predicted molar refractivity (Wildman–Crippen MR) is 180 cm³/mol. The van der Waals surface area contributed by atoms with E-state index in [2.05, 4.69) is 93.6 Å². The van der Waals surface area contributed by atoms with Crippen LogP contribution in [0.5, 0.6) is 0 Å². The third kappa shape index (κ3) is 7.15. The van der Waals surface area contributed by atoms with Crippen molar-refractivity contribution in [3.05, 3.63) is 132 Å². The Morgan fingerprint density at radius 2 is 1.18 bits per heavy atom. The monoisotopic (exact) mass is 607 g/mol. The van der Waals surface area contributed by atoms with Crippen LogP contribution in [0.4, 0.5) is 4.79 Å². The lowest BCUT2D eigenvalue weighted by Crippen LogP contribution is -2.68. The molecule has 1 aliphatic heterocycles. The third-order valence-corrected chi connectivity index (χ3v) is 13.5. The molecule has 6 heteroatoms. The summed E-state index contributed by atoms with van der Waals surface area (Å²) in [5, 5.41) is 2.12. The minimum absolute atomic E-state index is 0.0415. The first-order valence-electron chi connectivity index (χ1n) is 15.8. The van der Waals surface area contributed by atoms with Crippen molar-refractivity contribution in [1.82, 2.24) is 4.90 Å². The molecule has 1 amide bonds. The number of carbonyl (C=O) groups excluding carboxylic acids is 1. The zero-order chi connectivity index (χ0) is 31.0. The number of rotatable bonds is 10. The van der Waals surface area contributed by atoms with Crippen molar-refractivity contribution in [1.29, 1.82) is 0 Å². The minimum Gasteiger partial charge on any atom is -0.420 e. The highest BCUT2D eigenvalue weighted by molar-refractivity contribution is 6.99. The second-order valence-corrected chi connectivity index (χ2v) is 16.8. The van der Waals surface area contributed by atoms with Gasteiger partial charge in [-0.25, -0.2) is 4.79 Å². The van der Waals surface area contributed by atoms with E-state index in [-0.39, 0.29) is 23.3 Å². The molecule has 1 unspecified atom stereocenters. The van der Waals surface area contributed by atoms with Gasteiger partial charge in [0.2, 0.25) is 0 Å². The molecule has 44 heavy (non-hydrogen) atoms. The lowest BCUT2D eigenvalue weighted by molar-refractivity contribution is -0.0652. The Bertz CT molecular complexity index is 1360. The molecule has 0 spiro atoms. The van der Waals surface area contributed by atoms with E-state index in [4.69, 9.17) is 13.9 Å². The average molecular weight is 608 g/mol. The average Bonchev–Trinajstić information content (AvgIpc) is 3.06. The van der Waals surface area contributed by atoms with Crippen molar-refractivity contribution < 1.29 is 18.7 Å². The van der Waals surface area contributed by atoms with Crippen LogP contribution in [0.2, 0.25) is 5.04 Å². The molecule has 0 N–H and O–H groups in total. The van der Waals surface area contributed by atoms with E-state index < -0.39 is 14.6 Å². The maximum Gasteiger partial charge on any atom is 0.412 e. The van der Waals surface area contributed by atoms with E-state index in [1.165, 1.54) is 0 Å². The molecular weight excluding hydrogens is 563 g/mol. The van der Waals surface area contributed by atoms with Gasteiger partial charge in [0.05, 0.1) is 6.10 Å². The molecule has 0 aliphatic carbocycles. The van der Waals surface area contributed by atoms with Crippen LogP contribution >= 0.6 is 0 Å². The molecule has 230 valence electrons. The topological polar surface area (TPSA) is 48.0 Å². The van der Waals surface area contributed by atoms with Crippen molar-refractivity contribution >= 4 is 24.8 Å². The van der Waals surface area contributed by atoms with E-state index in [1.807, 2.05) is 55.5 Å². The van der Waals surface area contributed by atoms with Crippen LogP contribution in [0.3, 0.4) is 0 Å². The molecule has 0 bridgehead atoms. The van der Waals surface area contributed by atoms with Crippen LogP contribution in [0.25, 0.3) is 0 Å². The largest absolute Gasteiger partial charge is 0.420 e. The van der Waals surface area contributed by atoms with Crippen molar-refractivity contribution in [2.75, 3.05) is 13.1 Å². The van der Waals surface area contributed by atoms with Gasteiger partial charge in [-0.05, 0) is 39.4 Å². The van der Waals surface area contributed by atoms with Gasteiger partial charge in [-0.15, -0.1) is 0 Å². The second kappa shape index (κ2) is 14.4. The van der Waals surface area contributed by atoms with Crippen LogP contribution in [-0.4, -0.2) is 44.8 Å². The first-order chi connectivity index (χ1) is 21.3. The molecule has 0 saturated carbocycles. The fourth-order valence-electron chi connectivity index (χ4n) is 6.24. The zero-order valence-corrected chi connectivity index (χ0v) is 27.4. The first kappa shape index (κ1) is 31.7. The maximum absolute atomic E-state index is 13.5. The number of hydrogen-bond acceptors (Lipinski definition) is 4. The molecule has 1 heterocycles. The molecule has 1 atom stereocenters. The fourth-order valence-corrected chi connectivity index (χ4v) is 10.9. The SMILES string of the molecule is CCC(OC(=O)N1CCC(OC(c2ccccc2)c2ccccc2)CC1)O[Si](c1ccccc1)(c1ccccc1)C(C)(C)C. The summed E-state index contributed by atoms with van der Waals surface area (Å²) < 4.78 is 19.9. The fraction of sp³-hybridized carbons (Fsp3) is 0.342. The van der Waals surface area contributed by atoms with Gasteiger partial charge in [0.15, 0.2) is 6.29 Å². The van der Waals surface area contributed by atoms with Gasteiger partial charge in [0, 0.05) is 19.5 Å². The molecular formula is C38H45NO4Si. The molecule has 0 radical (unpaired) electrons. The van der Waals surface area contributed by atoms with Crippen LogP contribution in [0, 0.1) is 0 Å². The van der Waals surface area contributed by atoms with Crippen LogP contribution in [0.15, 0.2) is 121 Å². The minimum atomic E-state index is -2.86. The number of benzene rings is 4. The summed E-state index contributed by atoms with van der Waals surface area (Å²) >= 11 is 0. The summed E-state index contributed by atoms with van der Waals surface area (Å²) in [7, 11) is -2.86. The van der Waals surface area contributed by atoms with Gasteiger partial charge in [-0.3, -0.25) is 0 Å². The Balaban J connectivity index is 1.28. The Hall–Kier alpha value is -3.71. The van der Waals surface area contributed by atoms with Crippen LogP contribution in [-0.2, 0) is 13.9 Å². The summed E-state index contributed by atoms with van der Waals surface area (Å²) in [5.74, 6) is 0. The van der Waals surface area contributed by atoms with E-state index >= 15 is 0 Å². The molecule has 5 nitrogen and oxygen atoms in total. The van der Waals surface area contributed by atoms with Crippen molar-refractivity contribution in [2.24, 2.45) is 0 Å². The first-order valence-corrected chi connectivity index (χ1v) is 17.7. The van der Waals surface area contributed by atoms with Crippen LogP contribution < -0.4 is 10.4 Å². The standard InChI is InChI=1S/C38H45NO4Si/c1-5-35(43-44(38(2,3)4,33-22-14-8-15-23-33)34-24-16-9-17-25-34)42-37(40)39-28-26-32(27-29-39)41-36(30-18-10-6-11-19-30)31-20-12-7-13-21-31/h6-25,32,35-36H,5,26-29H2,1-4H3. The predicted octanol–water partition coefficient (Wildman–Crippen LogP) is 7.71. The van der Waals surface area contributed by atoms with E-state index in [9.17, 15) is 4.79 Å². The van der Waals surface area contributed by atoms with Gasteiger partial charge in [-0.2, -0.15) is 0 Å². The van der Waals surface area contributed by atoms with Gasteiger partial charge >= 0.3 is 6.09 Å². The van der Waals surface area contributed by atoms with Crippen molar-refractivity contribution in [2.45, 2.75) is 70.5 Å². The summed E-state index contributed by atoms with van der Waals surface area (Å²) in [4.78, 5) is 15.3. The normalized spacial score (nSPS) is 15.2. The quantitative estimate of drug-likeness (QED) is 0.137. The number of ether oxygens (including phenoxy) is 2. The van der Waals surface area contributed by atoms with E-state index in [0.717, 1.165) is 34.3 Å². The Morgan fingerprint density at radius 1 is 0.750 bits per heavy atom. The maximum atomic E-state index is 13.5. The van der Waals surface area contributed by atoms with Gasteiger partial charge < -0.3 is 18.8 Å². The Labute approximate surface area is 263 Å². The Kier molecular flexibility index (Phi) is 10.4. The van der Waals surface area contributed by atoms with Gasteiger partial charge in [0.1, 0.15) is 6.10 Å². The highest BCUT2D eigenvalue weighted by Crippen LogP contribution is 2.38.